The Morgan fingerprint density at radius 1 is 0.448 bits per heavy atom. The number of rotatable bonds is 6. The molecule has 5 heteroatoms. The molecule has 0 unspecified atom stereocenters. The summed E-state index contributed by atoms with van der Waals surface area (Å²) >= 11 is 5.59. The van der Waals surface area contributed by atoms with Crippen LogP contribution in [0.3, 0.4) is 0 Å². The van der Waals surface area contributed by atoms with Gasteiger partial charge in [-0.1, -0.05) is 96.1 Å². The van der Waals surface area contributed by atoms with Gasteiger partial charge >= 0.3 is 6.72 Å². The summed E-state index contributed by atoms with van der Waals surface area (Å²) in [6.45, 7) is 8.95. The van der Waals surface area contributed by atoms with Crippen molar-refractivity contribution in [1.82, 2.24) is 0 Å². The van der Waals surface area contributed by atoms with Crippen LogP contribution in [0.5, 0.6) is 17.2 Å². The average molecular weight is 433 g/mol. The Morgan fingerprint density at radius 3 is 0.862 bits per heavy atom. The monoisotopic (exact) mass is 432 g/mol. The predicted octanol–water partition coefficient (Wildman–Crippen LogP) is 8.53. The molecular formula is C24H33O3PS. The fourth-order valence-electron chi connectivity index (χ4n) is 1.89. The first-order valence-electron chi connectivity index (χ1n) is 10.1. The summed E-state index contributed by atoms with van der Waals surface area (Å²) in [5.41, 5.74) is 0. The van der Waals surface area contributed by atoms with Gasteiger partial charge in [0.05, 0.1) is 0 Å². The van der Waals surface area contributed by atoms with Gasteiger partial charge in [-0.05, 0) is 36.4 Å². The zero-order valence-corrected chi connectivity index (χ0v) is 20.0. The van der Waals surface area contributed by atoms with Crippen molar-refractivity contribution in [2.24, 2.45) is 0 Å². The lowest BCUT2D eigenvalue weighted by Crippen LogP contribution is -2.07. The molecule has 0 spiro atoms. The van der Waals surface area contributed by atoms with Crippen LogP contribution in [0.4, 0.5) is 0 Å². The SMILES string of the molecule is CC.CC.CC.S=P(Oc1ccccc1)(Oc1ccccc1)Oc1ccccc1. The fraction of sp³-hybridized carbons (Fsp3) is 0.250. The Kier molecular flexibility index (Phi) is 15.3. The van der Waals surface area contributed by atoms with Gasteiger partial charge in [-0.25, -0.2) is 0 Å². The Labute approximate surface area is 181 Å². The molecule has 0 aliphatic carbocycles. The largest absolute Gasteiger partial charge is 0.490 e. The Hall–Kier alpha value is -2.29. The van der Waals surface area contributed by atoms with E-state index in [1.807, 2.05) is 133 Å². The molecule has 0 heterocycles. The molecule has 3 aromatic rings. The van der Waals surface area contributed by atoms with E-state index < -0.39 is 6.72 Å². The number of hydrogen-bond acceptors (Lipinski definition) is 4. The minimum absolute atomic E-state index is 0.614. The van der Waals surface area contributed by atoms with Crippen LogP contribution in [0.25, 0.3) is 0 Å². The molecule has 3 nitrogen and oxygen atoms in total. The molecular weight excluding hydrogens is 399 g/mol. The van der Waals surface area contributed by atoms with Crippen LogP contribution in [0, 0.1) is 0 Å². The minimum Gasteiger partial charge on any atom is -0.407 e. The summed E-state index contributed by atoms with van der Waals surface area (Å²) in [6.07, 6.45) is 0. The molecule has 3 rings (SSSR count). The molecule has 0 fully saturated rings. The third-order valence-corrected chi connectivity index (χ3v) is 4.86. The van der Waals surface area contributed by atoms with E-state index in [0.717, 1.165) is 0 Å². The highest BCUT2D eigenvalue weighted by atomic mass is 32.5. The van der Waals surface area contributed by atoms with Crippen LogP contribution in [-0.4, -0.2) is 0 Å². The van der Waals surface area contributed by atoms with Crippen molar-refractivity contribution in [2.45, 2.75) is 41.5 Å². The van der Waals surface area contributed by atoms with Crippen LogP contribution in [0.15, 0.2) is 91.0 Å². The highest BCUT2D eigenvalue weighted by molar-refractivity contribution is 8.08. The highest BCUT2D eigenvalue weighted by Crippen LogP contribution is 2.49. The average Bonchev–Trinajstić information content (AvgIpc) is 2.80. The molecule has 158 valence electrons. The van der Waals surface area contributed by atoms with Crippen molar-refractivity contribution in [3.8, 4) is 17.2 Å². The van der Waals surface area contributed by atoms with Crippen molar-refractivity contribution < 1.29 is 13.6 Å². The first kappa shape index (κ1) is 26.7. The van der Waals surface area contributed by atoms with Gasteiger partial charge in [-0.2, -0.15) is 0 Å². The van der Waals surface area contributed by atoms with Crippen molar-refractivity contribution in [2.75, 3.05) is 0 Å². The number of hydrogen-bond donors (Lipinski definition) is 0. The standard InChI is InChI=1S/C18H15O3PS.3C2H6/c23-22(19-16-10-4-1-5-11-16,20-17-12-6-2-7-13-17)21-18-14-8-3-9-15-18;3*1-2/h1-15H;3*1-2H3. The molecule has 0 radical (unpaired) electrons. The third kappa shape index (κ3) is 10.7. The first-order chi connectivity index (χ1) is 14.2. The lowest BCUT2D eigenvalue weighted by atomic mass is 10.3. The van der Waals surface area contributed by atoms with Crippen molar-refractivity contribution in [3.63, 3.8) is 0 Å². The van der Waals surface area contributed by atoms with Crippen LogP contribution < -0.4 is 13.6 Å². The second-order valence-electron chi connectivity index (χ2n) is 4.66. The summed E-state index contributed by atoms with van der Waals surface area (Å²) in [4.78, 5) is 0. The van der Waals surface area contributed by atoms with E-state index >= 15 is 0 Å². The second-order valence-corrected chi connectivity index (χ2v) is 7.44. The van der Waals surface area contributed by atoms with Crippen LogP contribution >= 0.6 is 6.72 Å². The lowest BCUT2D eigenvalue weighted by molar-refractivity contribution is 0.384. The maximum absolute atomic E-state index is 5.89. The molecule has 0 aliphatic heterocycles. The smallest absolute Gasteiger partial charge is 0.407 e. The maximum Gasteiger partial charge on any atom is 0.490 e. The van der Waals surface area contributed by atoms with Crippen molar-refractivity contribution in [1.29, 1.82) is 0 Å². The summed E-state index contributed by atoms with van der Waals surface area (Å²) in [7, 11) is 0. The second kappa shape index (κ2) is 16.6. The summed E-state index contributed by atoms with van der Waals surface area (Å²) in [6, 6.07) is 27.9. The Bertz CT molecular complexity index is 673. The molecule has 0 N–H and O–H groups in total. The summed E-state index contributed by atoms with van der Waals surface area (Å²) < 4.78 is 17.7. The third-order valence-electron chi connectivity index (χ3n) is 2.88. The molecule has 0 amide bonds. The van der Waals surface area contributed by atoms with Gasteiger partial charge < -0.3 is 13.6 Å². The fourth-order valence-corrected chi connectivity index (χ4v) is 3.91. The van der Waals surface area contributed by atoms with Gasteiger partial charge in [0.25, 0.3) is 0 Å². The number of para-hydroxylation sites is 3. The van der Waals surface area contributed by atoms with E-state index in [9.17, 15) is 0 Å². The Morgan fingerprint density at radius 2 is 0.655 bits per heavy atom. The molecule has 29 heavy (non-hydrogen) atoms. The Balaban J connectivity index is 0.00000120. The van der Waals surface area contributed by atoms with E-state index in [0.29, 0.717) is 17.2 Å². The van der Waals surface area contributed by atoms with Gasteiger partial charge in [0, 0.05) is 11.8 Å². The molecule has 0 aromatic heterocycles. The van der Waals surface area contributed by atoms with Crippen molar-refractivity contribution >= 4 is 18.5 Å². The molecule has 0 saturated carbocycles. The zero-order chi connectivity index (χ0) is 22.0. The van der Waals surface area contributed by atoms with Crippen molar-refractivity contribution in [3.05, 3.63) is 91.0 Å². The van der Waals surface area contributed by atoms with E-state index in [1.54, 1.807) is 0 Å². The normalized spacial score (nSPS) is 9.17. The van der Waals surface area contributed by atoms with Crippen LogP contribution in [0.1, 0.15) is 41.5 Å². The molecule has 0 aliphatic rings. The summed E-state index contributed by atoms with van der Waals surface area (Å²) in [5, 5.41) is 0. The van der Waals surface area contributed by atoms with E-state index in [2.05, 4.69) is 0 Å². The van der Waals surface area contributed by atoms with Crippen LogP contribution in [-0.2, 0) is 11.8 Å². The van der Waals surface area contributed by atoms with E-state index in [4.69, 9.17) is 25.4 Å². The zero-order valence-electron chi connectivity index (χ0n) is 18.2. The van der Waals surface area contributed by atoms with Gasteiger partial charge in [0.2, 0.25) is 0 Å². The summed E-state index contributed by atoms with van der Waals surface area (Å²) in [5.74, 6) is 1.84. The molecule has 0 saturated heterocycles. The van der Waals surface area contributed by atoms with Crippen LogP contribution in [0.2, 0.25) is 0 Å². The van der Waals surface area contributed by atoms with Gasteiger partial charge in [0.1, 0.15) is 17.2 Å². The lowest BCUT2D eigenvalue weighted by Gasteiger charge is -2.23. The quantitative estimate of drug-likeness (QED) is 0.365. The molecule has 0 atom stereocenters. The minimum atomic E-state index is -3.05. The topological polar surface area (TPSA) is 27.7 Å². The predicted molar refractivity (Wildman–Crippen MR) is 130 cm³/mol. The van der Waals surface area contributed by atoms with E-state index in [-0.39, 0.29) is 0 Å². The molecule has 0 bridgehead atoms. The van der Waals surface area contributed by atoms with Gasteiger partial charge in [-0.15, -0.1) is 0 Å². The highest BCUT2D eigenvalue weighted by Gasteiger charge is 2.26. The first-order valence-corrected chi connectivity index (χ1v) is 12.6. The van der Waals surface area contributed by atoms with Gasteiger partial charge in [-0.3, -0.25) is 0 Å². The van der Waals surface area contributed by atoms with E-state index in [1.165, 1.54) is 0 Å². The van der Waals surface area contributed by atoms with Gasteiger partial charge in [0.15, 0.2) is 0 Å². The molecule has 3 aromatic carbocycles. The maximum atomic E-state index is 5.89. The number of benzene rings is 3.